The number of carbonyl (C=O) groups is 1. The van der Waals surface area contributed by atoms with Crippen molar-refractivity contribution in [2.45, 2.75) is 26.7 Å². The molecule has 0 aliphatic carbocycles. The molecule has 0 saturated heterocycles. The Bertz CT molecular complexity index is 239. The van der Waals surface area contributed by atoms with E-state index in [9.17, 15) is 4.79 Å². The van der Waals surface area contributed by atoms with Crippen molar-refractivity contribution in [1.29, 1.82) is 0 Å². The van der Waals surface area contributed by atoms with Gasteiger partial charge in [-0.05, 0) is 6.42 Å². The van der Waals surface area contributed by atoms with Crippen molar-refractivity contribution in [1.82, 2.24) is 5.43 Å². The van der Waals surface area contributed by atoms with Crippen molar-refractivity contribution in [2.75, 3.05) is 54.1 Å². The molecule has 0 radical (unpaired) electrons. The van der Waals surface area contributed by atoms with Crippen LogP contribution in [0, 0.1) is 5.92 Å². The maximum Gasteiger partial charge on any atom is 0.161 e. The molecule has 0 saturated carbocycles. The Morgan fingerprint density at radius 2 is 1.79 bits per heavy atom. The van der Waals surface area contributed by atoms with Gasteiger partial charge in [-0.25, -0.2) is 0 Å². The van der Waals surface area contributed by atoms with E-state index in [0.29, 0.717) is 24.4 Å². The van der Waals surface area contributed by atoms with Crippen LogP contribution in [0.25, 0.3) is 0 Å². The van der Waals surface area contributed by atoms with E-state index in [2.05, 4.69) is 33.5 Å². The topological polar surface area (TPSA) is 47.6 Å². The second-order valence-electron chi connectivity index (χ2n) is 5.74. The molecule has 5 heteroatoms. The Hall–Kier alpha value is -0.490. The summed E-state index contributed by atoms with van der Waals surface area (Å²) >= 11 is 0. The van der Waals surface area contributed by atoms with Gasteiger partial charge in [0.05, 0.1) is 47.5 Å². The fourth-order valence-electron chi connectivity index (χ4n) is 1.58. The number of Topliss-reactive ketones (excluding diaryl/α,β-unsaturated/α-hetero) is 1. The number of nitrogens with zero attached hydrogens (tertiary/aromatic N) is 1. The Morgan fingerprint density at radius 3 is 2.37 bits per heavy atom. The number of ether oxygens (including phenoxy) is 2. The van der Waals surface area contributed by atoms with E-state index in [0.717, 1.165) is 19.4 Å². The molecule has 1 unspecified atom stereocenters. The summed E-state index contributed by atoms with van der Waals surface area (Å²) in [5, 5.41) is 0. The molecule has 1 N–H and O–H groups in total. The summed E-state index contributed by atoms with van der Waals surface area (Å²) in [6.45, 7) is 6.73. The average Bonchev–Trinajstić information content (AvgIpc) is 2.31. The highest BCUT2D eigenvalue weighted by molar-refractivity contribution is 5.81. The van der Waals surface area contributed by atoms with Gasteiger partial charge >= 0.3 is 0 Å². The van der Waals surface area contributed by atoms with Crippen molar-refractivity contribution in [3.63, 3.8) is 0 Å². The first-order valence-electron chi connectivity index (χ1n) is 7.11. The van der Waals surface area contributed by atoms with Gasteiger partial charge in [0, 0.05) is 5.92 Å². The lowest BCUT2D eigenvalue weighted by Crippen LogP contribution is -2.49. The fraction of sp³-hybridized carbons (Fsp3) is 0.929. The van der Waals surface area contributed by atoms with Crippen LogP contribution >= 0.6 is 0 Å². The lowest BCUT2D eigenvalue weighted by Gasteiger charge is -2.23. The number of hydrogen-bond donors (Lipinski definition) is 1. The van der Waals surface area contributed by atoms with Crippen LogP contribution in [0.5, 0.6) is 0 Å². The second kappa shape index (κ2) is 10.3. The van der Waals surface area contributed by atoms with Gasteiger partial charge in [-0.1, -0.05) is 20.3 Å². The van der Waals surface area contributed by atoms with Crippen molar-refractivity contribution in [3.8, 4) is 0 Å². The molecule has 5 nitrogen and oxygen atoms in total. The summed E-state index contributed by atoms with van der Waals surface area (Å²) < 4.78 is 11.4. The zero-order valence-electron chi connectivity index (χ0n) is 13.2. The number of rotatable bonds is 12. The number of quaternary nitrogens is 1. The molecule has 0 spiro atoms. The van der Waals surface area contributed by atoms with E-state index in [4.69, 9.17) is 9.47 Å². The standard InChI is InChI=1S/C14H31N2O3/c1-6-7-13(2)14(17)12-19-11-10-18-9-8-15-16(3,4)5/h13,15H,6-12H2,1-5H3/q+1. The molecule has 0 aromatic heterocycles. The van der Waals surface area contributed by atoms with Gasteiger partial charge in [-0.15, -0.1) is 0 Å². The first-order valence-corrected chi connectivity index (χ1v) is 7.11. The molecular weight excluding hydrogens is 244 g/mol. The first-order chi connectivity index (χ1) is 8.87. The lowest BCUT2D eigenvalue weighted by atomic mass is 10.0. The number of nitrogens with one attached hydrogen (secondary N) is 1. The summed E-state index contributed by atoms with van der Waals surface area (Å²) in [6.07, 6.45) is 1.98. The predicted octanol–water partition coefficient (Wildman–Crippen LogP) is 1.24. The quantitative estimate of drug-likeness (QED) is 0.331. The average molecular weight is 275 g/mol. The third-order valence-electron chi connectivity index (χ3n) is 2.72. The van der Waals surface area contributed by atoms with Crippen LogP contribution in [0.1, 0.15) is 26.7 Å². The molecule has 19 heavy (non-hydrogen) atoms. The minimum atomic E-state index is 0.111. The monoisotopic (exact) mass is 275 g/mol. The normalized spacial score (nSPS) is 13.5. The number of hydrogen-bond acceptors (Lipinski definition) is 4. The van der Waals surface area contributed by atoms with Crippen molar-refractivity contribution in [3.05, 3.63) is 0 Å². The van der Waals surface area contributed by atoms with Crippen molar-refractivity contribution < 1.29 is 18.9 Å². The van der Waals surface area contributed by atoms with Gasteiger partial charge < -0.3 is 9.47 Å². The highest BCUT2D eigenvalue weighted by Crippen LogP contribution is 2.06. The summed E-state index contributed by atoms with van der Waals surface area (Å²) in [6, 6.07) is 0. The predicted molar refractivity (Wildman–Crippen MR) is 76.8 cm³/mol. The molecule has 0 aliphatic heterocycles. The number of carbonyl (C=O) groups excluding carboxylic acids is 1. The minimum Gasteiger partial charge on any atom is -0.378 e. The minimum absolute atomic E-state index is 0.111. The maximum atomic E-state index is 11.6. The van der Waals surface area contributed by atoms with E-state index >= 15 is 0 Å². The summed E-state index contributed by atoms with van der Waals surface area (Å²) in [4.78, 5) is 11.6. The number of ketones is 1. The van der Waals surface area contributed by atoms with Crippen LogP contribution in [0.15, 0.2) is 0 Å². The van der Waals surface area contributed by atoms with E-state index in [-0.39, 0.29) is 18.3 Å². The highest BCUT2D eigenvalue weighted by Gasteiger charge is 2.11. The molecule has 0 aromatic rings. The van der Waals surface area contributed by atoms with Crippen LogP contribution in [0.2, 0.25) is 0 Å². The van der Waals surface area contributed by atoms with Gasteiger partial charge in [0.1, 0.15) is 6.61 Å². The molecule has 0 aliphatic rings. The van der Waals surface area contributed by atoms with Crippen LogP contribution in [0.3, 0.4) is 0 Å². The van der Waals surface area contributed by atoms with E-state index in [1.165, 1.54) is 0 Å². The fourth-order valence-corrected chi connectivity index (χ4v) is 1.58. The highest BCUT2D eigenvalue weighted by atomic mass is 16.5. The van der Waals surface area contributed by atoms with Crippen molar-refractivity contribution in [2.24, 2.45) is 5.92 Å². The molecular formula is C14H31N2O3+. The Labute approximate surface area is 117 Å². The SMILES string of the molecule is CCCC(C)C(=O)COCCOCCN[N+](C)(C)C. The van der Waals surface area contributed by atoms with Crippen LogP contribution in [-0.4, -0.2) is 64.5 Å². The van der Waals surface area contributed by atoms with Crippen LogP contribution in [-0.2, 0) is 14.3 Å². The van der Waals surface area contributed by atoms with Gasteiger partial charge in [-0.2, -0.15) is 5.43 Å². The summed E-state index contributed by atoms with van der Waals surface area (Å²) in [7, 11) is 6.19. The zero-order valence-corrected chi connectivity index (χ0v) is 13.2. The molecule has 0 rings (SSSR count). The summed E-state index contributed by atoms with van der Waals surface area (Å²) in [5.41, 5.74) is 3.28. The third kappa shape index (κ3) is 12.3. The van der Waals surface area contributed by atoms with Crippen LogP contribution < -0.4 is 5.43 Å². The lowest BCUT2D eigenvalue weighted by molar-refractivity contribution is -0.915. The van der Waals surface area contributed by atoms with Gasteiger partial charge in [-0.3, -0.25) is 9.39 Å². The van der Waals surface area contributed by atoms with E-state index in [1.54, 1.807) is 0 Å². The largest absolute Gasteiger partial charge is 0.378 e. The van der Waals surface area contributed by atoms with Gasteiger partial charge in [0.2, 0.25) is 0 Å². The molecule has 0 aromatic carbocycles. The molecule has 0 heterocycles. The second-order valence-corrected chi connectivity index (χ2v) is 5.74. The smallest absolute Gasteiger partial charge is 0.161 e. The Kier molecular flexibility index (Phi) is 10.0. The molecule has 0 amide bonds. The molecule has 0 bridgehead atoms. The molecule has 0 fully saturated rings. The zero-order chi connectivity index (χ0) is 14.7. The Morgan fingerprint density at radius 1 is 1.16 bits per heavy atom. The first kappa shape index (κ1) is 18.5. The van der Waals surface area contributed by atoms with E-state index < -0.39 is 0 Å². The van der Waals surface area contributed by atoms with Crippen molar-refractivity contribution >= 4 is 5.78 Å². The van der Waals surface area contributed by atoms with E-state index in [1.807, 2.05) is 6.92 Å². The summed E-state index contributed by atoms with van der Waals surface area (Å²) in [5.74, 6) is 0.299. The third-order valence-corrected chi connectivity index (χ3v) is 2.72. The van der Waals surface area contributed by atoms with Gasteiger partial charge in [0.25, 0.3) is 0 Å². The van der Waals surface area contributed by atoms with Gasteiger partial charge in [0.15, 0.2) is 5.78 Å². The molecule has 114 valence electrons. The van der Waals surface area contributed by atoms with Crippen LogP contribution in [0.4, 0.5) is 0 Å². The Balaban J connectivity index is 3.34. The molecule has 1 atom stereocenters. The maximum absolute atomic E-state index is 11.6.